The molecule has 0 spiro atoms. The van der Waals surface area contributed by atoms with Gasteiger partial charge in [0.25, 0.3) is 0 Å². The second-order valence-corrected chi connectivity index (χ2v) is 8.94. The molecular weight excluding hydrogens is 340 g/mol. The number of carbonyl (C=O) groups is 1. The molecule has 1 N–H and O–H groups in total. The van der Waals surface area contributed by atoms with Gasteiger partial charge < -0.3 is 14.7 Å². The van der Waals surface area contributed by atoms with Crippen LogP contribution >= 0.6 is 0 Å². The molecule has 0 radical (unpaired) electrons. The number of ether oxygens (including phenoxy) is 1. The van der Waals surface area contributed by atoms with E-state index in [1.165, 1.54) is 0 Å². The zero-order chi connectivity index (χ0) is 19.2. The number of hydrogen-bond donors (Lipinski definition) is 1. The van der Waals surface area contributed by atoms with E-state index in [-0.39, 0.29) is 18.2 Å². The van der Waals surface area contributed by atoms with Crippen molar-refractivity contribution in [1.82, 2.24) is 9.88 Å². The molecular formula is C22H28N2O3. The molecule has 144 valence electrons. The van der Waals surface area contributed by atoms with E-state index in [0.29, 0.717) is 12.8 Å². The first-order valence-corrected chi connectivity index (χ1v) is 9.85. The van der Waals surface area contributed by atoms with Gasteiger partial charge in [0.2, 0.25) is 0 Å². The summed E-state index contributed by atoms with van der Waals surface area (Å²) in [5.41, 5.74) is 0.356. The Bertz CT molecular complexity index is 839. The number of aromatic nitrogens is 1. The molecule has 2 aliphatic rings. The molecule has 1 aromatic carbocycles. The molecule has 2 unspecified atom stereocenters. The number of hydrogen-bond acceptors (Lipinski definition) is 4. The number of piperidine rings is 2. The van der Waals surface area contributed by atoms with Crippen molar-refractivity contribution in [2.24, 2.45) is 0 Å². The van der Waals surface area contributed by atoms with Crippen LogP contribution in [0.2, 0.25) is 0 Å². The number of carbonyl (C=O) groups excluding carboxylic acids is 1. The lowest BCUT2D eigenvalue weighted by atomic mass is 9.72. The lowest BCUT2D eigenvalue weighted by Crippen LogP contribution is -2.59. The van der Waals surface area contributed by atoms with Crippen LogP contribution in [0.5, 0.6) is 0 Å². The third-order valence-corrected chi connectivity index (χ3v) is 5.76. The van der Waals surface area contributed by atoms with Crippen LogP contribution < -0.4 is 0 Å². The number of para-hydroxylation sites is 1. The van der Waals surface area contributed by atoms with E-state index in [1.807, 2.05) is 56.0 Å². The Labute approximate surface area is 160 Å². The molecule has 2 bridgehead atoms. The van der Waals surface area contributed by atoms with Crippen molar-refractivity contribution in [1.29, 1.82) is 0 Å². The number of rotatable bonds is 1. The predicted octanol–water partition coefficient (Wildman–Crippen LogP) is 4.37. The quantitative estimate of drug-likeness (QED) is 0.812. The molecule has 4 rings (SSSR count). The van der Waals surface area contributed by atoms with Crippen LogP contribution in [0.25, 0.3) is 10.9 Å². The highest BCUT2D eigenvalue weighted by Gasteiger charge is 2.49. The molecule has 1 aromatic heterocycles. The van der Waals surface area contributed by atoms with E-state index in [9.17, 15) is 9.90 Å². The number of pyridine rings is 1. The average molecular weight is 368 g/mol. The highest BCUT2D eigenvalue weighted by Crippen LogP contribution is 2.46. The Morgan fingerprint density at radius 3 is 2.52 bits per heavy atom. The van der Waals surface area contributed by atoms with E-state index in [1.54, 1.807) is 6.20 Å². The number of aliphatic hydroxyl groups is 1. The summed E-state index contributed by atoms with van der Waals surface area (Å²) in [6.45, 7) is 5.68. The zero-order valence-electron chi connectivity index (χ0n) is 16.3. The lowest BCUT2D eigenvalue weighted by Gasteiger charge is -2.52. The van der Waals surface area contributed by atoms with Gasteiger partial charge in [-0.05, 0) is 57.7 Å². The maximum Gasteiger partial charge on any atom is 0.410 e. The molecule has 2 aliphatic heterocycles. The normalized spacial score (nSPS) is 28.2. The van der Waals surface area contributed by atoms with Crippen molar-refractivity contribution in [3.63, 3.8) is 0 Å². The molecule has 3 heterocycles. The first-order chi connectivity index (χ1) is 12.8. The van der Waals surface area contributed by atoms with E-state index in [4.69, 9.17) is 4.74 Å². The maximum atomic E-state index is 12.8. The largest absolute Gasteiger partial charge is 0.444 e. The van der Waals surface area contributed by atoms with E-state index in [0.717, 1.165) is 35.7 Å². The van der Waals surface area contributed by atoms with Gasteiger partial charge in [0.05, 0.1) is 11.1 Å². The molecule has 0 saturated carbocycles. The topological polar surface area (TPSA) is 62.7 Å². The van der Waals surface area contributed by atoms with Gasteiger partial charge >= 0.3 is 6.09 Å². The van der Waals surface area contributed by atoms with E-state index < -0.39 is 11.2 Å². The molecule has 0 aliphatic carbocycles. The van der Waals surface area contributed by atoms with Crippen LogP contribution in [0, 0.1) is 0 Å². The highest BCUT2D eigenvalue weighted by molar-refractivity contribution is 5.83. The van der Waals surface area contributed by atoms with E-state index in [2.05, 4.69) is 4.98 Å². The SMILES string of the molecule is CC(C)(C)OC(=O)N1C2CCCC1CC(O)(c1ccnc3ccccc13)C2. The Hall–Kier alpha value is -2.14. The first kappa shape index (κ1) is 18.2. The summed E-state index contributed by atoms with van der Waals surface area (Å²) < 4.78 is 5.65. The molecule has 2 fully saturated rings. The van der Waals surface area contributed by atoms with Crippen LogP contribution in [0.15, 0.2) is 36.5 Å². The molecule has 2 atom stereocenters. The van der Waals surface area contributed by atoms with Crippen LogP contribution in [0.3, 0.4) is 0 Å². The molecule has 5 nitrogen and oxygen atoms in total. The van der Waals surface area contributed by atoms with E-state index >= 15 is 0 Å². The van der Waals surface area contributed by atoms with Gasteiger partial charge in [0.15, 0.2) is 0 Å². The summed E-state index contributed by atoms with van der Waals surface area (Å²) in [5.74, 6) is 0. The minimum Gasteiger partial charge on any atom is -0.444 e. The van der Waals surface area contributed by atoms with Crippen LogP contribution in [-0.2, 0) is 10.3 Å². The van der Waals surface area contributed by atoms with Crippen molar-refractivity contribution in [3.05, 3.63) is 42.1 Å². The lowest BCUT2D eigenvalue weighted by molar-refractivity contribution is -0.0958. The summed E-state index contributed by atoms with van der Waals surface area (Å²) in [4.78, 5) is 19.1. The standard InChI is InChI=1S/C22H28N2O3/c1-21(2,3)27-20(25)24-15-7-6-8-16(24)14-22(26,13-15)18-11-12-23-19-10-5-4-9-17(18)19/h4-5,9-12,15-16,26H,6-8,13-14H2,1-3H3. The zero-order valence-corrected chi connectivity index (χ0v) is 16.3. The summed E-state index contributed by atoms with van der Waals surface area (Å²) in [7, 11) is 0. The second-order valence-electron chi connectivity index (χ2n) is 8.94. The third-order valence-electron chi connectivity index (χ3n) is 5.76. The van der Waals surface area contributed by atoms with Gasteiger partial charge in [-0.3, -0.25) is 4.98 Å². The van der Waals surface area contributed by atoms with Crippen molar-refractivity contribution in [2.75, 3.05) is 0 Å². The fraction of sp³-hybridized carbons (Fsp3) is 0.545. The van der Waals surface area contributed by atoms with Crippen molar-refractivity contribution in [2.45, 2.75) is 76.2 Å². The Morgan fingerprint density at radius 1 is 1.19 bits per heavy atom. The van der Waals surface area contributed by atoms with Gasteiger partial charge in [-0.15, -0.1) is 0 Å². The average Bonchev–Trinajstić information content (AvgIpc) is 2.59. The summed E-state index contributed by atoms with van der Waals surface area (Å²) >= 11 is 0. The molecule has 1 amide bonds. The van der Waals surface area contributed by atoms with Gasteiger partial charge in [0, 0.05) is 36.5 Å². The summed E-state index contributed by atoms with van der Waals surface area (Å²) in [6.07, 6.45) is 5.49. The van der Waals surface area contributed by atoms with Crippen LogP contribution in [0.1, 0.15) is 58.4 Å². The van der Waals surface area contributed by atoms with Crippen LogP contribution in [0.4, 0.5) is 4.79 Å². The maximum absolute atomic E-state index is 12.8. The minimum atomic E-state index is -0.948. The Morgan fingerprint density at radius 2 is 1.85 bits per heavy atom. The smallest absolute Gasteiger partial charge is 0.410 e. The number of benzene rings is 1. The fourth-order valence-electron chi connectivity index (χ4n) is 4.76. The number of amides is 1. The molecule has 2 saturated heterocycles. The summed E-state index contributed by atoms with van der Waals surface area (Å²) in [6, 6.07) is 9.87. The van der Waals surface area contributed by atoms with Gasteiger partial charge in [-0.1, -0.05) is 18.2 Å². The van der Waals surface area contributed by atoms with Crippen LogP contribution in [-0.4, -0.2) is 38.8 Å². The molecule has 5 heteroatoms. The van der Waals surface area contributed by atoms with Crippen molar-refractivity contribution >= 4 is 17.0 Å². The fourth-order valence-corrected chi connectivity index (χ4v) is 4.76. The Balaban J connectivity index is 1.67. The number of fused-ring (bicyclic) bond motifs is 3. The van der Waals surface area contributed by atoms with Crippen molar-refractivity contribution < 1.29 is 14.6 Å². The monoisotopic (exact) mass is 368 g/mol. The predicted molar refractivity (Wildman–Crippen MR) is 104 cm³/mol. The van der Waals surface area contributed by atoms with Gasteiger partial charge in [-0.25, -0.2) is 4.79 Å². The molecule has 2 aromatic rings. The molecule has 27 heavy (non-hydrogen) atoms. The second kappa shape index (κ2) is 6.48. The van der Waals surface area contributed by atoms with Gasteiger partial charge in [-0.2, -0.15) is 0 Å². The summed E-state index contributed by atoms with van der Waals surface area (Å²) in [5, 5.41) is 12.7. The van der Waals surface area contributed by atoms with Gasteiger partial charge in [0.1, 0.15) is 5.60 Å². The van der Waals surface area contributed by atoms with Crippen molar-refractivity contribution in [3.8, 4) is 0 Å². The number of nitrogens with zero attached hydrogens (tertiary/aromatic N) is 2. The third kappa shape index (κ3) is 3.41. The Kier molecular flexibility index (Phi) is 4.38. The first-order valence-electron chi connectivity index (χ1n) is 9.85. The highest BCUT2D eigenvalue weighted by atomic mass is 16.6. The minimum absolute atomic E-state index is 0.00396.